The molecule has 0 bridgehead atoms. The van der Waals surface area contributed by atoms with Gasteiger partial charge < -0.3 is 20.6 Å². The Balaban J connectivity index is 0.00000243. The van der Waals surface area contributed by atoms with Gasteiger partial charge in [0.05, 0.1) is 0 Å². The molecule has 0 aromatic heterocycles. The maximum atomic E-state index is 12.6. The van der Waals surface area contributed by atoms with Crippen molar-refractivity contribution in [3.63, 3.8) is 0 Å². The van der Waals surface area contributed by atoms with Crippen LogP contribution in [-0.4, -0.2) is 52.9 Å². The number of piperazine rings is 1. The molecule has 1 atom stereocenters. The Bertz CT molecular complexity index is 744. The minimum atomic E-state index is -0.680. The van der Waals surface area contributed by atoms with E-state index in [4.69, 9.17) is 5.73 Å². The van der Waals surface area contributed by atoms with E-state index in [-0.39, 0.29) is 30.0 Å². The molecule has 0 aliphatic carbocycles. The summed E-state index contributed by atoms with van der Waals surface area (Å²) in [6.07, 6.45) is 0. The van der Waals surface area contributed by atoms with Gasteiger partial charge >= 0.3 is 0 Å². The van der Waals surface area contributed by atoms with Crippen molar-refractivity contribution < 1.29 is 14.7 Å². The Morgan fingerprint density at radius 2 is 1.42 bits per heavy atom. The van der Waals surface area contributed by atoms with E-state index < -0.39 is 6.04 Å². The molecule has 1 fully saturated rings. The van der Waals surface area contributed by atoms with Crippen molar-refractivity contribution in [2.24, 2.45) is 5.73 Å². The topological polar surface area (TPSA) is 86.9 Å². The van der Waals surface area contributed by atoms with Crippen molar-refractivity contribution in [3.8, 4) is 5.75 Å². The van der Waals surface area contributed by atoms with E-state index in [1.807, 2.05) is 30.3 Å². The third-order valence-electron chi connectivity index (χ3n) is 4.42. The molecule has 2 aromatic carbocycles. The number of benzene rings is 2. The normalized spacial score (nSPS) is 15.1. The van der Waals surface area contributed by atoms with Gasteiger partial charge in [-0.2, -0.15) is 0 Å². The van der Waals surface area contributed by atoms with Crippen LogP contribution in [0.1, 0.15) is 22.0 Å². The van der Waals surface area contributed by atoms with Crippen LogP contribution < -0.4 is 5.73 Å². The van der Waals surface area contributed by atoms with Gasteiger partial charge in [-0.1, -0.05) is 30.3 Å². The number of amides is 2. The van der Waals surface area contributed by atoms with Crippen LogP contribution in [0.2, 0.25) is 0 Å². The zero-order valence-corrected chi connectivity index (χ0v) is 15.1. The van der Waals surface area contributed by atoms with E-state index in [1.165, 1.54) is 12.1 Å². The highest BCUT2D eigenvalue weighted by Gasteiger charge is 2.28. The van der Waals surface area contributed by atoms with Crippen LogP contribution in [0.25, 0.3) is 0 Å². The van der Waals surface area contributed by atoms with E-state index in [9.17, 15) is 14.7 Å². The fraction of sp³-hybridized carbons (Fsp3) is 0.263. The van der Waals surface area contributed by atoms with Crippen LogP contribution in [0.3, 0.4) is 0 Å². The fourth-order valence-corrected chi connectivity index (χ4v) is 2.92. The van der Waals surface area contributed by atoms with Crippen molar-refractivity contribution >= 4 is 24.2 Å². The smallest absolute Gasteiger partial charge is 0.253 e. The molecule has 1 heterocycles. The number of nitrogens with zero attached hydrogens (tertiary/aromatic N) is 2. The van der Waals surface area contributed by atoms with E-state index >= 15 is 0 Å². The number of halogens is 1. The second-order valence-corrected chi connectivity index (χ2v) is 6.05. The Hall–Kier alpha value is -2.57. The first kappa shape index (κ1) is 19.8. The maximum Gasteiger partial charge on any atom is 0.253 e. The number of carbonyl (C=O) groups is 2. The highest BCUT2D eigenvalue weighted by atomic mass is 35.5. The lowest BCUT2D eigenvalue weighted by Gasteiger charge is -2.36. The van der Waals surface area contributed by atoms with Gasteiger partial charge in [-0.05, 0) is 29.8 Å². The molecule has 0 spiro atoms. The number of nitrogens with two attached hydrogens (primary N) is 1. The number of hydrogen-bond acceptors (Lipinski definition) is 4. The molecule has 0 saturated carbocycles. The maximum absolute atomic E-state index is 12.6. The van der Waals surface area contributed by atoms with Gasteiger partial charge in [-0.15, -0.1) is 12.4 Å². The van der Waals surface area contributed by atoms with Crippen LogP contribution in [-0.2, 0) is 4.79 Å². The van der Waals surface area contributed by atoms with E-state index in [1.54, 1.807) is 21.9 Å². The number of hydrogen-bond donors (Lipinski definition) is 2. The molecule has 138 valence electrons. The fourth-order valence-electron chi connectivity index (χ4n) is 2.92. The minimum Gasteiger partial charge on any atom is -0.508 e. The quantitative estimate of drug-likeness (QED) is 0.856. The van der Waals surface area contributed by atoms with Crippen molar-refractivity contribution in [3.05, 3.63) is 65.7 Å². The summed E-state index contributed by atoms with van der Waals surface area (Å²) < 4.78 is 0. The van der Waals surface area contributed by atoms with Gasteiger partial charge in [-0.3, -0.25) is 9.59 Å². The van der Waals surface area contributed by atoms with Gasteiger partial charge in [0, 0.05) is 31.7 Å². The van der Waals surface area contributed by atoms with Gasteiger partial charge in [0.1, 0.15) is 11.8 Å². The Labute approximate surface area is 158 Å². The number of carbonyl (C=O) groups excluding carboxylic acids is 2. The summed E-state index contributed by atoms with van der Waals surface area (Å²) in [4.78, 5) is 28.4. The summed E-state index contributed by atoms with van der Waals surface area (Å²) in [6.45, 7) is 1.85. The van der Waals surface area contributed by atoms with E-state index in [2.05, 4.69) is 0 Å². The lowest BCUT2D eigenvalue weighted by molar-refractivity contribution is -0.134. The molecule has 1 saturated heterocycles. The Kier molecular flexibility index (Phi) is 6.60. The SMILES string of the molecule is Cl.NC(C(=O)N1CCN(C(=O)c2ccc(O)cc2)CC1)c1ccccc1. The third-order valence-corrected chi connectivity index (χ3v) is 4.42. The molecule has 1 unspecified atom stereocenters. The Morgan fingerprint density at radius 1 is 0.885 bits per heavy atom. The average molecular weight is 376 g/mol. The predicted molar refractivity (Wildman–Crippen MR) is 101 cm³/mol. The lowest BCUT2D eigenvalue weighted by Crippen LogP contribution is -2.52. The van der Waals surface area contributed by atoms with Crippen molar-refractivity contribution in [2.75, 3.05) is 26.2 Å². The number of phenolic OH excluding ortho intramolecular Hbond substituents is 1. The van der Waals surface area contributed by atoms with Crippen LogP contribution in [0.5, 0.6) is 5.75 Å². The van der Waals surface area contributed by atoms with E-state index in [0.29, 0.717) is 31.7 Å². The summed E-state index contributed by atoms with van der Waals surface area (Å²) >= 11 is 0. The number of aromatic hydroxyl groups is 1. The van der Waals surface area contributed by atoms with Gasteiger partial charge in [0.25, 0.3) is 5.91 Å². The molecule has 0 radical (unpaired) electrons. The number of phenols is 1. The molecular weight excluding hydrogens is 354 g/mol. The van der Waals surface area contributed by atoms with Crippen molar-refractivity contribution in [1.29, 1.82) is 0 Å². The summed E-state index contributed by atoms with van der Waals surface area (Å²) in [6, 6.07) is 14.8. The standard InChI is InChI=1S/C19H21N3O3.ClH/c20-17(14-4-2-1-3-5-14)19(25)22-12-10-21(11-13-22)18(24)15-6-8-16(23)9-7-15;/h1-9,17,23H,10-13,20H2;1H. The highest BCUT2D eigenvalue weighted by Crippen LogP contribution is 2.16. The first-order valence-electron chi connectivity index (χ1n) is 8.24. The van der Waals surface area contributed by atoms with Gasteiger partial charge in [-0.25, -0.2) is 0 Å². The molecule has 3 N–H and O–H groups in total. The lowest BCUT2D eigenvalue weighted by atomic mass is 10.1. The molecule has 3 rings (SSSR count). The number of rotatable bonds is 3. The third kappa shape index (κ3) is 4.33. The molecule has 6 nitrogen and oxygen atoms in total. The summed E-state index contributed by atoms with van der Waals surface area (Å²) in [7, 11) is 0. The summed E-state index contributed by atoms with van der Waals surface area (Å²) in [5.41, 5.74) is 7.39. The molecule has 2 aromatic rings. The first-order valence-corrected chi connectivity index (χ1v) is 8.24. The molecule has 7 heteroatoms. The zero-order chi connectivity index (χ0) is 17.8. The van der Waals surface area contributed by atoms with Crippen LogP contribution in [0.15, 0.2) is 54.6 Å². The van der Waals surface area contributed by atoms with Crippen LogP contribution in [0.4, 0.5) is 0 Å². The summed E-state index contributed by atoms with van der Waals surface area (Å²) in [5, 5.41) is 9.31. The monoisotopic (exact) mass is 375 g/mol. The first-order chi connectivity index (χ1) is 12.1. The van der Waals surface area contributed by atoms with Crippen LogP contribution >= 0.6 is 12.4 Å². The molecule has 26 heavy (non-hydrogen) atoms. The minimum absolute atomic E-state index is 0. The van der Waals surface area contributed by atoms with Crippen LogP contribution in [0, 0.1) is 0 Å². The Morgan fingerprint density at radius 3 is 2.00 bits per heavy atom. The van der Waals surface area contributed by atoms with E-state index in [0.717, 1.165) is 5.56 Å². The predicted octanol–water partition coefficient (Wildman–Crippen LogP) is 1.80. The van der Waals surface area contributed by atoms with Crippen molar-refractivity contribution in [2.45, 2.75) is 6.04 Å². The highest BCUT2D eigenvalue weighted by molar-refractivity contribution is 5.94. The molecule has 1 aliphatic heterocycles. The summed E-state index contributed by atoms with van der Waals surface area (Å²) in [5.74, 6) is -0.0933. The largest absolute Gasteiger partial charge is 0.508 e. The zero-order valence-electron chi connectivity index (χ0n) is 14.2. The molecular formula is C19H22ClN3O3. The second kappa shape index (κ2) is 8.69. The van der Waals surface area contributed by atoms with Gasteiger partial charge in [0.2, 0.25) is 5.91 Å². The molecule has 2 amide bonds. The van der Waals surface area contributed by atoms with Gasteiger partial charge in [0.15, 0.2) is 0 Å². The average Bonchev–Trinajstić information content (AvgIpc) is 2.67. The van der Waals surface area contributed by atoms with Crippen molar-refractivity contribution in [1.82, 2.24) is 9.80 Å². The second-order valence-electron chi connectivity index (χ2n) is 6.05. The molecule has 1 aliphatic rings.